The second-order valence-electron chi connectivity index (χ2n) is 8.08. The van der Waals surface area contributed by atoms with Crippen molar-refractivity contribution in [2.75, 3.05) is 16.6 Å². The van der Waals surface area contributed by atoms with Gasteiger partial charge in [-0.1, -0.05) is 29.4 Å². The van der Waals surface area contributed by atoms with Gasteiger partial charge in [0.2, 0.25) is 5.91 Å². The molecule has 1 aliphatic rings. The summed E-state index contributed by atoms with van der Waals surface area (Å²) in [6, 6.07) is 12.3. The lowest BCUT2D eigenvalue weighted by atomic mass is 10.2. The van der Waals surface area contributed by atoms with E-state index in [-0.39, 0.29) is 34.6 Å². The molecule has 182 valence electrons. The third-order valence-corrected chi connectivity index (χ3v) is 6.73. The minimum atomic E-state index is -3.87. The van der Waals surface area contributed by atoms with Crippen LogP contribution in [0.4, 0.5) is 11.4 Å². The lowest BCUT2D eigenvalue weighted by Crippen LogP contribution is -2.14. The number of ether oxygens (including phenoxy) is 1. The Morgan fingerprint density at radius 1 is 1.14 bits per heavy atom. The molecular formula is C25H25N3O6S. The second kappa shape index (κ2) is 10.1. The molecule has 1 saturated carbocycles. The Balaban J connectivity index is 1.45. The van der Waals surface area contributed by atoms with Crippen LogP contribution in [-0.4, -0.2) is 32.1 Å². The number of amides is 1. The molecule has 35 heavy (non-hydrogen) atoms. The number of aryl methyl sites for hydroxylation is 1. The molecule has 1 heterocycles. The maximum Gasteiger partial charge on any atom is 0.338 e. The number of nitrogens with zero attached hydrogens (tertiary/aromatic N) is 1. The third kappa shape index (κ3) is 5.96. The third-order valence-electron chi connectivity index (χ3n) is 5.33. The number of carbonyl (C=O) groups is 2. The van der Waals surface area contributed by atoms with Crippen LogP contribution in [-0.2, 0) is 19.6 Å². The summed E-state index contributed by atoms with van der Waals surface area (Å²) in [5.74, 6) is -0.101. The SMILES string of the molecule is CCOC(=O)c1cccc(NS(=O)(=O)c2ccc(/C=C\c3onc(C)c3NC(=O)C3CC3)cc2)c1. The van der Waals surface area contributed by atoms with Gasteiger partial charge in [0.15, 0.2) is 5.76 Å². The van der Waals surface area contributed by atoms with Crippen molar-refractivity contribution in [2.45, 2.75) is 31.6 Å². The molecule has 9 nitrogen and oxygen atoms in total. The Kier molecular flexibility index (Phi) is 7.02. The number of sulfonamides is 1. The van der Waals surface area contributed by atoms with E-state index in [4.69, 9.17) is 9.26 Å². The molecule has 1 fully saturated rings. The van der Waals surface area contributed by atoms with Crippen LogP contribution in [0.25, 0.3) is 12.2 Å². The zero-order valence-electron chi connectivity index (χ0n) is 19.3. The Bertz CT molecular complexity index is 1370. The highest BCUT2D eigenvalue weighted by Crippen LogP contribution is 2.32. The number of hydrogen-bond acceptors (Lipinski definition) is 7. The van der Waals surface area contributed by atoms with Gasteiger partial charge in [-0.05, 0) is 68.7 Å². The van der Waals surface area contributed by atoms with Crippen LogP contribution in [0.2, 0.25) is 0 Å². The van der Waals surface area contributed by atoms with Crippen LogP contribution in [0.3, 0.4) is 0 Å². The van der Waals surface area contributed by atoms with Gasteiger partial charge >= 0.3 is 5.97 Å². The Labute approximate surface area is 203 Å². The topological polar surface area (TPSA) is 128 Å². The molecule has 0 saturated heterocycles. The summed E-state index contributed by atoms with van der Waals surface area (Å²) in [6.45, 7) is 3.67. The van der Waals surface area contributed by atoms with Crippen LogP contribution >= 0.6 is 0 Å². The molecule has 10 heteroatoms. The lowest BCUT2D eigenvalue weighted by Gasteiger charge is -2.09. The molecule has 0 atom stereocenters. The molecule has 0 spiro atoms. The van der Waals surface area contributed by atoms with Gasteiger partial charge in [-0.2, -0.15) is 0 Å². The smallest absolute Gasteiger partial charge is 0.338 e. The average Bonchev–Trinajstić information content (AvgIpc) is 3.63. The van der Waals surface area contributed by atoms with Crippen molar-refractivity contribution in [1.82, 2.24) is 5.16 Å². The summed E-state index contributed by atoms with van der Waals surface area (Å²) >= 11 is 0. The normalized spacial score (nSPS) is 13.5. The van der Waals surface area contributed by atoms with Crippen molar-refractivity contribution in [3.8, 4) is 0 Å². The predicted octanol–water partition coefficient (Wildman–Crippen LogP) is 4.48. The number of nitrogens with one attached hydrogen (secondary N) is 2. The standard InChI is InChI=1S/C25H25N3O6S/c1-3-33-25(30)19-5-4-6-20(15-19)28-35(31,32)21-12-7-17(8-13-21)9-14-22-23(16(2)27-34-22)26-24(29)18-10-11-18/h4-9,12-15,18,28H,3,10-11H2,1-2H3,(H,26,29)/b14-9-. The molecule has 4 rings (SSSR count). The molecule has 0 radical (unpaired) electrons. The zero-order chi connectivity index (χ0) is 25.0. The monoisotopic (exact) mass is 495 g/mol. The summed E-state index contributed by atoms with van der Waals surface area (Å²) in [5, 5.41) is 6.78. The number of hydrogen-bond donors (Lipinski definition) is 2. The first-order valence-corrected chi connectivity index (χ1v) is 12.6. The molecule has 1 aliphatic carbocycles. The van der Waals surface area contributed by atoms with E-state index in [0.29, 0.717) is 17.1 Å². The summed E-state index contributed by atoms with van der Waals surface area (Å²) in [7, 11) is -3.87. The van der Waals surface area contributed by atoms with E-state index in [2.05, 4.69) is 15.2 Å². The van der Waals surface area contributed by atoms with Gasteiger partial charge in [0.1, 0.15) is 11.4 Å². The molecule has 1 amide bonds. The minimum absolute atomic E-state index is 0.0409. The maximum atomic E-state index is 12.8. The van der Waals surface area contributed by atoms with Crippen molar-refractivity contribution in [2.24, 2.45) is 5.92 Å². The fourth-order valence-corrected chi connectivity index (χ4v) is 4.34. The van der Waals surface area contributed by atoms with Gasteiger partial charge in [-0.15, -0.1) is 0 Å². The van der Waals surface area contributed by atoms with E-state index >= 15 is 0 Å². The highest BCUT2D eigenvalue weighted by molar-refractivity contribution is 7.92. The maximum absolute atomic E-state index is 12.8. The fraction of sp³-hybridized carbons (Fsp3) is 0.240. The fourth-order valence-electron chi connectivity index (χ4n) is 3.29. The number of aromatic nitrogens is 1. The van der Waals surface area contributed by atoms with E-state index in [0.717, 1.165) is 18.4 Å². The lowest BCUT2D eigenvalue weighted by molar-refractivity contribution is -0.117. The predicted molar refractivity (Wildman–Crippen MR) is 131 cm³/mol. The van der Waals surface area contributed by atoms with E-state index in [1.165, 1.54) is 18.2 Å². The molecule has 0 unspecified atom stereocenters. The summed E-state index contributed by atoms with van der Waals surface area (Å²) < 4.78 is 38.3. The molecule has 3 aromatic rings. The van der Waals surface area contributed by atoms with Gasteiger partial charge in [-0.3, -0.25) is 9.52 Å². The Morgan fingerprint density at radius 3 is 2.57 bits per heavy atom. The summed E-state index contributed by atoms with van der Waals surface area (Å²) in [5.41, 5.74) is 2.34. The van der Waals surface area contributed by atoms with Crippen LogP contribution < -0.4 is 10.0 Å². The molecule has 0 aliphatic heterocycles. The van der Waals surface area contributed by atoms with Crippen molar-refractivity contribution in [3.63, 3.8) is 0 Å². The van der Waals surface area contributed by atoms with Crippen molar-refractivity contribution < 1.29 is 27.3 Å². The zero-order valence-corrected chi connectivity index (χ0v) is 20.1. The largest absolute Gasteiger partial charge is 0.462 e. The van der Waals surface area contributed by atoms with Crippen LogP contribution in [0.5, 0.6) is 0 Å². The Hall–Kier alpha value is -3.92. The van der Waals surface area contributed by atoms with Gasteiger partial charge in [0.05, 0.1) is 17.1 Å². The van der Waals surface area contributed by atoms with Gasteiger partial charge in [0, 0.05) is 11.6 Å². The summed E-state index contributed by atoms with van der Waals surface area (Å²) in [4.78, 5) is 24.1. The minimum Gasteiger partial charge on any atom is -0.462 e. The Morgan fingerprint density at radius 2 is 1.89 bits per heavy atom. The molecule has 0 bridgehead atoms. The first-order chi connectivity index (χ1) is 16.8. The molecule has 2 aromatic carbocycles. The number of esters is 1. The molecule has 1 aromatic heterocycles. The van der Waals surface area contributed by atoms with E-state index in [9.17, 15) is 18.0 Å². The highest BCUT2D eigenvalue weighted by atomic mass is 32.2. The number of rotatable bonds is 9. The average molecular weight is 496 g/mol. The molecular weight excluding hydrogens is 470 g/mol. The van der Waals surface area contributed by atoms with Crippen LogP contribution in [0, 0.1) is 12.8 Å². The molecule has 2 N–H and O–H groups in total. The van der Waals surface area contributed by atoms with Crippen molar-refractivity contribution in [3.05, 3.63) is 71.1 Å². The van der Waals surface area contributed by atoms with E-state index in [1.807, 2.05) is 0 Å². The first-order valence-electron chi connectivity index (χ1n) is 11.1. The quantitative estimate of drug-likeness (QED) is 0.419. The summed E-state index contributed by atoms with van der Waals surface area (Å²) in [6.07, 6.45) is 5.19. The van der Waals surface area contributed by atoms with E-state index < -0.39 is 16.0 Å². The van der Waals surface area contributed by atoms with Gasteiger partial charge in [0.25, 0.3) is 10.0 Å². The van der Waals surface area contributed by atoms with Gasteiger partial charge < -0.3 is 14.6 Å². The van der Waals surface area contributed by atoms with Crippen LogP contribution in [0.1, 0.15) is 47.1 Å². The number of benzene rings is 2. The second-order valence-corrected chi connectivity index (χ2v) is 9.76. The van der Waals surface area contributed by atoms with Gasteiger partial charge in [-0.25, -0.2) is 13.2 Å². The number of carbonyl (C=O) groups excluding carboxylic acids is 2. The van der Waals surface area contributed by atoms with Crippen LogP contribution in [0.15, 0.2) is 57.9 Å². The van der Waals surface area contributed by atoms with Crippen molar-refractivity contribution >= 4 is 45.4 Å². The first kappa shape index (κ1) is 24.2. The van der Waals surface area contributed by atoms with E-state index in [1.54, 1.807) is 56.3 Å². The number of anilines is 2. The highest BCUT2D eigenvalue weighted by Gasteiger charge is 2.30. The van der Waals surface area contributed by atoms with Crippen molar-refractivity contribution in [1.29, 1.82) is 0 Å².